The van der Waals surface area contributed by atoms with Crippen molar-refractivity contribution in [1.82, 2.24) is 0 Å². The first kappa shape index (κ1) is 10.2. The van der Waals surface area contributed by atoms with Crippen molar-refractivity contribution in [3.63, 3.8) is 0 Å². The van der Waals surface area contributed by atoms with E-state index in [1.54, 1.807) is 6.92 Å². The minimum atomic E-state index is -2.28. The molecule has 0 fully saturated rings. The third kappa shape index (κ3) is 4.98. The highest BCUT2D eigenvalue weighted by Gasteiger charge is 2.05. The van der Waals surface area contributed by atoms with Gasteiger partial charge in [0.2, 0.25) is 0 Å². The van der Waals surface area contributed by atoms with E-state index in [2.05, 4.69) is 0 Å². The molecule has 0 aliphatic heterocycles. The third-order valence-electron chi connectivity index (χ3n) is 1.51. The van der Waals surface area contributed by atoms with Gasteiger partial charge in [-0.3, -0.25) is 4.57 Å². The predicted molar refractivity (Wildman–Crippen MR) is 43.6 cm³/mol. The Morgan fingerprint density at radius 3 is 2.60 bits per heavy atom. The molecule has 0 spiro atoms. The molecule has 3 nitrogen and oxygen atoms in total. The van der Waals surface area contributed by atoms with Crippen LogP contribution in [0.4, 0.5) is 0 Å². The Hall–Kier alpha value is 0.150. The summed E-state index contributed by atoms with van der Waals surface area (Å²) in [5, 5.41) is 0. The zero-order valence-electron chi connectivity index (χ0n) is 6.34. The Balaban J connectivity index is 3.21. The molecule has 2 atom stereocenters. The van der Waals surface area contributed by atoms with Gasteiger partial charge < -0.3 is 10.6 Å². The van der Waals surface area contributed by atoms with Crippen LogP contribution in [0.5, 0.6) is 0 Å². The molecule has 2 unspecified atom stereocenters. The minimum absolute atomic E-state index is 0.0310. The Bertz CT molecular complexity index is 108. The molecule has 0 amide bonds. The molecule has 0 aromatic rings. The molecule has 0 aliphatic carbocycles. The second-order valence-electron chi connectivity index (χ2n) is 2.52. The molecule has 0 saturated heterocycles. The predicted octanol–water partition coefficient (Wildman–Crippen LogP) is 0.971. The second-order valence-corrected chi connectivity index (χ2v) is 4.19. The Morgan fingerprint density at radius 1 is 1.60 bits per heavy atom. The van der Waals surface area contributed by atoms with E-state index in [0.717, 1.165) is 19.3 Å². The van der Waals surface area contributed by atoms with E-state index in [9.17, 15) is 4.57 Å². The molecule has 10 heavy (non-hydrogen) atoms. The maximum Gasteiger partial charge on any atom is 0.191 e. The van der Waals surface area contributed by atoms with Crippen LogP contribution in [0.2, 0.25) is 0 Å². The Morgan fingerprint density at radius 2 is 2.20 bits per heavy atom. The lowest BCUT2D eigenvalue weighted by Gasteiger charge is -2.04. The molecule has 62 valence electrons. The van der Waals surface area contributed by atoms with Gasteiger partial charge in [-0.25, -0.2) is 0 Å². The summed E-state index contributed by atoms with van der Waals surface area (Å²) in [7, 11) is -2.28. The quantitative estimate of drug-likeness (QED) is 0.471. The van der Waals surface area contributed by atoms with E-state index in [1.807, 2.05) is 0 Å². The average Bonchev–Trinajstić information content (AvgIpc) is 1.88. The molecule has 4 heteroatoms. The summed E-state index contributed by atoms with van der Waals surface area (Å²) >= 11 is 0. The molecular formula is C6H16NO2P. The summed E-state index contributed by atoms with van der Waals surface area (Å²) in [5.41, 5.74) is 5.23. The van der Waals surface area contributed by atoms with Crippen molar-refractivity contribution < 1.29 is 9.46 Å². The van der Waals surface area contributed by atoms with Crippen LogP contribution in [-0.2, 0) is 4.57 Å². The van der Waals surface area contributed by atoms with Crippen molar-refractivity contribution in [3.05, 3.63) is 0 Å². The maximum absolute atomic E-state index is 10.4. The van der Waals surface area contributed by atoms with Gasteiger partial charge in [-0.15, -0.1) is 0 Å². The fourth-order valence-corrected chi connectivity index (χ4v) is 1.17. The zero-order chi connectivity index (χ0) is 7.98. The van der Waals surface area contributed by atoms with Crippen LogP contribution in [0.1, 0.15) is 26.2 Å². The van der Waals surface area contributed by atoms with E-state index in [4.69, 9.17) is 10.6 Å². The first-order valence-electron chi connectivity index (χ1n) is 3.61. The number of unbranched alkanes of at least 4 members (excludes halogenated alkanes) is 1. The van der Waals surface area contributed by atoms with Gasteiger partial charge in [-0.2, -0.15) is 0 Å². The second kappa shape index (κ2) is 5.90. The molecule has 0 aliphatic rings. The molecular weight excluding hydrogens is 149 g/mol. The summed E-state index contributed by atoms with van der Waals surface area (Å²) in [6.45, 7) is 2.48. The van der Waals surface area contributed by atoms with Crippen molar-refractivity contribution >= 4 is 8.03 Å². The first-order valence-corrected chi connectivity index (χ1v) is 5.04. The van der Waals surface area contributed by atoms with Gasteiger partial charge in [0.15, 0.2) is 8.03 Å². The van der Waals surface area contributed by atoms with Gasteiger partial charge >= 0.3 is 0 Å². The monoisotopic (exact) mass is 165 g/mol. The maximum atomic E-state index is 10.4. The minimum Gasteiger partial charge on any atom is -0.346 e. The molecule has 0 radical (unpaired) electrons. The fraction of sp³-hybridized carbons (Fsp3) is 1.00. The summed E-state index contributed by atoms with van der Waals surface area (Å²) in [4.78, 5) is 8.64. The normalized spacial score (nSPS) is 16.7. The third-order valence-corrected chi connectivity index (χ3v) is 2.64. The largest absolute Gasteiger partial charge is 0.346 e. The molecule has 3 N–H and O–H groups in total. The van der Waals surface area contributed by atoms with Crippen molar-refractivity contribution in [2.45, 2.75) is 31.8 Å². The van der Waals surface area contributed by atoms with Gasteiger partial charge in [0, 0.05) is 5.66 Å². The summed E-state index contributed by atoms with van der Waals surface area (Å²) < 4.78 is 10.4. The number of hydrogen-bond acceptors (Lipinski definition) is 2. The topological polar surface area (TPSA) is 63.3 Å². The number of hydrogen-bond donors (Lipinski definition) is 2. The SMILES string of the molecule is CC(CCCCN)[PH](=O)O. The molecule has 0 aromatic heterocycles. The summed E-state index contributed by atoms with van der Waals surface area (Å²) in [6.07, 6.45) is 2.75. The zero-order valence-corrected chi connectivity index (χ0v) is 7.34. The first-order chi connectivity index (χ1) is 4.68. The fourth-order valence-electron chi connectivity index (χ4n) is 0.718. The highest BCUT2D eigenvalue weighted by Crippen LogP contribution is 2.25. The van der Waals surface area contributed by atoms with Gasteiger partial charge in [0.25, 0.3) is 0 Å². The number of nitrogens with two attached hydrogens (primary N) is 1. The van der Waals surface area contributed by atoms with E-state index in [-0.39, 0.29) is 5.66 Å². The highest BCUT2D eigenvalue weighted by molar-refractivity contribution is 7.38. The Labute approximate surface area is 62.5 Å². The average molecular weight is 165 g/mol. The molecule has 0 aromatic carbocycles. The lowest BCUT2D eigenvalue weighted by molar-refractivity contribution is 0.484. The lowest BCUT2D eigenvalue weighted by atomic mass is 10.2. The molecule has 0 rings (SSSR count). The summed E-state index contributed by atoms with van der Waals surface area (Å²) in [5.74, 6) is 0. The highest BCUT2D eigenvalue weighted by atomic mass is 31.1. The van der Waals surface area contributed by atoms with E-state index >= 15 is 0 Å². The van der Waals surface area contributed by atoms with Crippen LogP contribution < -0.4 is 5.73 Å². The van der Waals surface area contributed by atoms with E-state index in [0.29, 0.717) is 6.54 Å². The standard InChI is InChI=1S/C6H16NO2P/c1-6(10(8)9)4-2-3-5-7/h6,10H,2-5,7H2,1H3,(H,8,9). The molecule has 0 bridgehead atoms. The number of rotatable bonds is 5. The molecule has 0 saturated carbocycles. The van der Waals surface area contributed by atoms with Gasteiger partial charge in [0.1, 0.15) is 0 Å². The lowest BCUT2D eigenvalue weighted by Crippen LogP contribution is -2.01. The van der Waals surface area contributed by atoms with Gasteiger partial charge in [0.05, 0.1) is 0 Å². The van der Waals surface area contributed by atoms with Gasteiger partial charge in [-0.1, -0.05) is 13.3 Å². The van der Waals surface area contributed by atoms with Crippen molar-refractivity contribution in [2.75, 3.05) is 6.54 Å². The van der Waals surface area contributed by atoms with Crippen molar-refractivity contribution in [3.8, 4) is 0 Å². The summed E-state index contributed by atoms with van der Waals surface area (Å²) in [6, 6.07) is 0. The van der Waals surface area contributed by atoms with Crippen LogP contribution in [-0.4, -0.2) is 17.1 Å². The van der Waals surface area contributed by atoms with Crippen LogP contribution in [0.3, 0.4) is 0 Å². The van der Waals surface area contributed by atoms with Crippen molar-refractivity contribution in [1.29, 1.82) is 0 Å². The van der Waals surface area contributed by atoms with Crippen LogP contribution in [0.25, 0.3) is 0 Å². The Kier molecular flexibility index (Phi) is 5.99. The van der Waals surface area contributed by atoms with Gasteiger partial charge in [-0.05, 0) is 19.4 Å². The van der Waals surface area contributed by atoms with E-state index in [1.165, 1.54) is 0 Å². The van der Waals surface area contributed by atoms with Crippen molar-refractivity contribution in [2.24, 2.45) is 5.73 Å². The van der Waals surface area contributed by atoms with Crippen LogP contribution >= 0.6 is 8.03 Å². The van der Waals surface area contributed by atoms with Crippen LogP contribution in [0.15, 0.2) is 0 Å². The van der Waals surface area contributed by atoms with Crippen LogP contribution in [0, 0.1) is 0 Å². The molecule has 0 heterocycles. The van der Waals surface area contributed by atoms with E-state index < -0.39 is 8.03 Å². The smallest absolute Gasteiger partial charge is 0.191 e.